The van der Waals surface area contributed by atoms with Crippen molar-refractivity contribution in [3.05, 3.63) is 59.4 Å². The Labute approximate surface area is 137 Å². The zero-order valence-electron chi connectivity index (χ0n) is 14.0. The number of benzene rings is 1. The van der Waals surface area contributed by atoms with E-state index in [9.17, 15) is 4.79 Å². The molecule has 2 N–H and O–H groups in total. The van der Waals surface area contributed by atoms with Crippen molar-refractivity contribution in [1.82, 2.24) is 15.2 Å². The molecule has 0 saturated heterocycles. The first-order valence-electron chi connectivity index (χ1n) is 7.72. The molecule has 23 heavy (non-hydrogen) atoms. The van der Waals surface area contributed by atoms with Crippen molar-refractivity contribution in [3.63, 3.8) is 0 Å². The Hall–Kier alpha value is -2.40. The van der Waals surface area contributed by atoms with Crippen LogP contribution in [-0.4, -0.2) is 43.0 Å². The van der Waals surface area contributed by atoms with Crippen LogP contribution in [0.5, 0.6) is 0 Å². The lowest BCUT2D eigenvalue weighted by Gasteiger charge is -2.12. The molecule has 0 aliphatic carbocycles. The molecule has 122 valence electrons. The minimum atomic E-state index is -0.116. The monoisotopic (exact) mass is 312 g/mol. The fraction of sp³-hybridized carbons (Fsp3) is 0.333. The fourth-order valence-electron chi connectivity index (χ4n) is 2.07. The molecule has 0 atom stereocenters. The molecular formula is C18H24N4O. The van der Waals surface area contributed by atoms with Crippen molar-refractivity contribution in [2.24, 2.45) is 0 Å². The number of carbonyl (C=O) groups excluding carboxylic acids is 1. The Morgan fingerprint density at radius 1 is 1.17 bits per heavy atom. The van der Waals surface area contributed by atoms with Crippen molar-refractivity contribution >= 4 is 11.6 Å². The second-order valence-electron chi connectivity index (χ2n) is 5.86. The van der Waals surface area contributed by atoms with Gasteiger partial charge in [0.25, 0.3) is 5.91 Å². The predicted octanol–water partition coefficient (Wildman–Crippen LogP) is 2.29. The van der Waals surface area contributed by atoms with Gasteiger partial charge in [-0.3, -0.25) is 9.78 Å². The summed E-state index contributed by atoms with van der Waals surface area (Å²) in [5.41, 5.74) is 3.71. The van der Waals surface area contributed by atoms with Gasteiger partial charge < -0.3 is 15.5 Å². The Morgan fingerprint density at radius 3 is 2.61 bits per heavy atom. The van der Waals surface area contributed by atoms with E-state index >= 15 is 0 Å². The van der Waals surface area contributed by atoms with Gasteiger partial charge in [0, 0.05) is 32.0 Å². The standard InChI is InChI=1S/C18H24N4O/c1-14-4-6-15(7-5-14)11-21-18(23)16-10-17(13-19-12-16)20-8-9-22(2)3/h4-7,10,12-13,20H,8-9,11H2,1-3H3,(H,21,23). The molecule has 2 rings (SSSR count). The van der Waals surface area contributed by atoms with E-state index in [2.05, 4.69) is 20.5 Å². The third kappa shape index (κ3) is 5.71. The first kappa shape index (κ1) is 17.0. The third-order valence-corrected chi connectivity index (χ3v) is 3.46. The topological polar surface area (TPSA) is 57.3 Å². The van der Waals surface area contributed by atoms with Crippen LogP contribution in [0.15, 0.2) is 42.7 Å². The molecule has 0 unspecified atom stereocenters. The van der Waals surface area contributed by atoms with Crippen LogP contribution < -0.4 is 10.6 Å². The van der Waals surface area contributed by atoms with Gasteiger partial charge >= 0.3 is 0 Å². The maximum atomic E-state index is 12.2. The summed E-state index contributed by atoms with van der Waals surface area (Å²) in [6, 6.07) is 9.95. The van der Waals surface area contributed by atoms with Crippen LogP contribution in [0.25, 0.3) is 0 Å². The number of rotatable bonds is 7. The van der Waals surface area contributed by atoms with E-state index in [1.807, 2.05) is 51.4 Å². The van der Waals surface area contributed by atoms with Gasteiger partial charge in [-0.05, 0) is 32.6 Å². The second kappa shape index (κ2) is 8.29. The van der Waals surface area contributed by atoms with E-state index in [0.29, 0.717) is 12.1 Å². The summed E-state index contributed by atoms with van der Waals surface area (Å²) in [4.78, 5) is 18.5. The highest BCUT2D eigenvalue weighted by Gasteiger charge is 2.07. The highest BCUT2D eigenvalue weighted by molar-refractivity contribution is 5.94. The van der Waals surface area contributed by atoms with Gasteiger partial charge in [0.15, 0.2) is 0 Å². The molecule has 1 aromatic carbocycles. The highest BCUT2D eigenvalue weighted by atomic mass is 16.1. The normalized spacial score (nSPS) is 10.6. The Balaban J connectivity index is 1.90. The average Bonchev–Trinajstić information content (AvgIpc) is 2.54. The van der Waals surface area contributed by atoms with Crippen LogP contribution in [0, 0.1) is 6.92 Å². The number of hydrogen-bond acceptors (Lipinski definition) is 4. The van der Waals surface area contributed by atoms with Crippen molar-refractivity contribution in [3.8, 4) is 0 Å². The Morgan fingerprint density at radius 2 is 1.91 bits per heavy atom. The quantitative estimate of drug-likeness (QED) is 0.823. The molecule has 0 fully saturated rings. The lowest BCUT2D eigenvalue weighted by atomic mass is 10.1. The van der Waals surface area contributed by atoms with Crippen LogP contribution in [0.4, 0.5) is 5.69 Å². The van der Waals surface area contributed by atoms with Crippen molar-refractivity contribution in [2.75, 3.05) is 32.5 Å². The summed E-state index contributed by atoms with van der Waals surface area (Å²) in [5.74, 6) is -0.116. The van der Waals surface area contributed by atoms with Gasteiger partial charge in [0.05, 0.1) is 11.3 Å². The van der Waals surface area contributed by atoms with Crippen LogP contribution >= 0.6 is 0 Å². The minimum absolute atomic E-state index is 0.116. The zero-order valence-corrected chi connectivity index (χ0v) is 14.0. The molecule has 1 aromatic heterocycles. The first-order chi connectivity index (χ1) is 11.0. The molecule has 0 saturated carbocycles. The van der Waals surface area contributed by atoms with Gasteiger partial charge in [-0.1, -0.05) is 29.8 Å². The van der Waals surface area contributed by atoms with Crippen LogP contribution in [-0.2, 0) is 6.54 Å². The van der Waals surface area contributed by atoms with E-state index in [1.54, 1.807) is 12.4 Å². The molecule has 0 aliphatic rings. The predicted molar refractivity (Wildman–Crippen MR) is 93.6 cm³/mol. The number of hydrogen-bond donors (Lipinski definition) is 2. The molecule has 0 aliphatic heterocycles. The summed E-state index contributed by atoms with van der Waals surface area (Å²) in [5, 5.41) is 6.19. The lowest BCUT2D eigenvalue weighted by molar-refractivity contribution is 0.0950. The smallest absolute Gasteiger partial charge is 0.253 e. The van der Waals surface area contributed by atoms with E-state index in [0.717, 1.165) is 24.3 Å². The molecule has 1 amide bonds. The fourth-order valence-corrected chi connectivity index (χ4v) is 2.07. The number of nitrogens with zero attached hydrogens (tertiary/aromatic N) is 2. The SMILES string of the molecule is Cc1ccc(CNC(=O)c2cncc(NCCN(C)C)c2)cc1. The third-order valence-electron chi connectivity index (χ3n) is 3.46. The lowest BCUT2D eigenvalue weighted by Crippen LogP contribution is -2.23. The summed E-state index contributed by atoms with van der Waals surface area (Å²) >= 11 is 0. The largest absolute Gasteiger partial charge is 0.382 e. The summed E-state index contributed by atoms with van der Waals surface area (Å²) in [6.07, 6.45) is 3.31. The number of carbonyl (C=O) groups is 1. The molecule has 1 heterocycles. The molecule has 5 heteroatoms. The number of nitrogens with one attached hydrogen (secondary N) is 2. The summed E-state index contributed by atoms with van der Waals surface area (Å²) in [7, 11) is 4.05. The number of anilines is 1. The highest BCUT2D eigenvalue weighted by Crippen LogP contribution is 2.09. The number of aromatic nitrogens is 1. The molecule has 0 spiro atoms. The maximum absolute atomic E-state index is 12.2. The van der Waals surface area contributed by atoms with Gasteiger partial charge in [-0.25, -0.2) is 0 Å². The second-order valence-corrected chi connectivity index (χ2v) is 5.86. The maximum Gasteiger partial charge on any atom is 0.253 e. The van der Waals surface area contributed by atoms with Crippen LogP contribution in [0.1, 0.15) is 21.5 Å². The van der Waals surface area contributed by atoms with Crippen LogP contribution in [0.3, 0.4) is 0 Å². The summed E-state index contributed by atoms with van der Waals surface area (Å²) < 4.78 is 0. The van der Waals surface area contributed by atoms with Crippen LogP contribution in [0.2, 0.25) is 0 Å². The average molecular weight is 312 g/mol. The van der Waals surface area contributed by atoms with E-state index in [1.165, 1.54) is 5.56 Å². The molecule has 2 aromatic rings. The number of aryl methyl sites for hydroxylation is 1. The van der Waals surface area contributed by atoms with Gasteiger partial charge in [0.1, 0.15) is 0 Å². The van der Waals surface area contributed by atoms with Gasteiger partial charge in [-0.15, -0.1) is 0 Å². The van der Waals surface area contributed by atoms with E-state index in [4.69, 9.17) is 0 Å². The number of likely N-dealkylation sites (N-methyl/N-ethyl adjacent to an activating group) is 1. The van der Waals surface area contributed by atoms with Gasteiger partial charge in [-0.2, -0.15) is 0 Å². The van der Waals surface area contributed by atoms with Crippen molar-refractivity contribution < 1.29 is 4.79 Å². The Bertz CT molecular complexity index is 638. The van der Waals surface area contributed by atoms with Gasteiger partial charge in [0.2, 0.25) is 0 Å². The number of pyridine rings is 1. The zero-order chi connectivity index (χ0) is 16.7. The molecule has 5 nitrogen and oxygen atoms in total. The number of amides is 1. The molecule has 0 radical (unpaired) electrons. The Kier molecular flexibility index (Phi) is 6.11. The molecule has 0 bridgehead atoms. The molecular weight excluding hydrogens is 288 g/mol. The summed E-state index contributed by atoms with van der Waals surface area (Å²) in [6.45, 7) is 4.28. The first-order valence-corrected chi connectivity index (χ1v) is 7.72. The van der Waals surface area contributed by atoms with E-state index in [-0.39, 0.29) is 5.91 Å². The minimum Gasteiger partial charge on any atom is -0.382 e. The van der Waals surface area contributed by atoms with E-state index < -0.39 is 0 Å². The van der Waals surface area contributed by atoms with Crippen molar-refractivity contribution in [1.29, 1.82) is 0 Å². The van der Waals surface area contributed by atoms with Crippen molar-refractivity contribution in [2.45, 2.75) is 13.5 Å².